The number of ether oxygens (including phenoxy) is 1. The van der Waals surface area contributed by atoms with Crippen LogP contribution in [0.4, 0.5) is 16.2 Å². The summed E-state index contributed by atoms with van der Waals surface area (Å²) in [4.78, 5) is 38.7. The van der Waals surface area contributed by atoms with Crippen LogP contribution >= 0.6 is 0 Å². The molecule has 1 saturated heterocycles. The number of hydrogen-bond donors (Lipinski definition) is 4. The average molecular weight is 646 g/mol. The van der Waals surface area contributed by atoms with Crippen molar-refractivity contribution in [2.45, 2.75) is 39.3 Å². The number of nitrogens with one attached hydrogen (secondary N) is 3. The number of piperidine rings is 1. The number of benzene rings is 4. The number of aromatic nitrogens is 1. The summed E-state index contributed by atoms with van der Waals surface area (Å²) in [5, 5.41) is 19.0. The van der Waals surface area contributed by atoms with Crippen molar-refractivity contribution in [3.8, 4) is 17.2 Å². The van der Waals surface area contributed by atoms with E-state index in [4.69, 9.17) is 4.74 Å². The highest BCUT2D eigenvalue weighted by Gasteiger charge is 2.25. The van der Waals surface area contributed by atoms with Crippen LogP contribution in [0.5, 0.6) is 11.5 Å². The zero-order chi connectivity index (χ0) is 33.6. The fourth-order valence-electron chi connectivity index (χ4n) is 5.92. The molecule has 1 aromatic heterocycles. The van der Waals surface area contributed by atoms with Gasteiger partial charge in [0.15, 0.2) is 0 Å². The summed E-state index contributed by atoms with van der Waals surface area (Å²) in [6.07, 6.45) is 3.48. The van der Waals surface area contributed by atoms with Gasteiger partial charge in [-0.3, -0.25) is 14.5 Å². The molecule has 0 bridgehead atoms. The highest BCUT2D eigenvalue weighted by Crippen LogP contribution is 2.29. The van der Waals surface area contributed by atoms with Crippen molar-refractivity contribution >= 4 is 40.2 Å². The van der Waals surface area contributed by atoms with E-state index in [1.165, 1.54) is 5.56 Å². The molecule has 5 aromatic rings. The van der Waals surface area contributed by atoms with Crippen LogP contribution in [-0.2, 0) is 11.3 Å². The second-order valence-electron chi connectivity index (χ2n) is 12.3. The van der Waals surface area contributed by atoms with Gasteiger partial charge in [-0.15, -0.1) is 0 Å². The minimum Gasteiger partial charge on any atom is -0.481 e. The first-order valence-corrected chi connectivity index (χ1v) is 16.1. The molecule has 10 nitrogen and oxygen atoms in total. The molecule has 246 valence electrons. The summed E-state index contributed by atoms with van der Waals surface area (Å²) in [6.45, 7) is 6.08. The van der Waals surface area contributed by atoms with E-state index in [0.29, 0.717) is 41.3 Å². The van der Waals surface area contributed by atoms with Gasteiger partial charge in [-0.1, -0.05) is 18.2 Å². The number of hydrogen-bond acceptors (Lipinski definition) is 5. The molecule has 1 fully saturated rings. The second-order valence-corrected chi connectivity index (χ2v) is 12.3. The average Bonchev–Trinajstić information content (AvgIpc) is 3.44. The van der Waals surface area contributed by atoms with Crippen LogP contribution < -0.4 is 20.7 Å². The van der Waals surface area contributed by atoms with E-state index in [1.807, 2.05) is 50.2 Å². The van der Waals surface area contributed by atoms with Gasteiger partial charge >= 0.3 is 12.0 Å². The highest BCUT2D eigenvalue weighted by molar-refractivity contribution is 6.04. The summed E-state index contributed by atoms with van der Waals surface area (Å²) in [5.41, 5.74) is 5.04. The number of carboxylic acids is 1. The van der Waals surface area contributed by atoms with Gasteiger partial charge < -0.3 is 30.4 Å². The third kappa shape index (κ3) is 7.84. The molecule has 10 heteroatoms. The Morgan fingerprint density at radius 3 is 2.02 bits per heavy atom. The summed E-state index contributed by atoms with van der Waals surface area (Å²) < 4.78 is 8.06. The lowest BCUT2D eigenvalue weighted by molar-refractivity contribution is -0.143. The number of para-hydroxylation sites is 1. The van der Waals surface area contributed by atoms with Gasteiger partial charge in [0, 0.05) is 46.8 Å². The summed E-state index contributed by atoms with van der Waals surface area (Å²) >= 11 is 0. The number of urea groups is 1. The Kier molecular flexibility index (Phi) is 9.73. The van der Waals surface area contributed by atoms with Crippen LogP contribution in [0.3, 0.4) is 0 Å². The largest absolute Gasteiger partial charge is 0.481 e. The van der Waals surface area contributed by atoms with Crippen molar-refractivity contribution in [1.82, 2.24) is 14.8 Å². The Morgan fingerprint density at radius 2 is 1.42 bits per heavy atom. The van der Waals surface area contributed by atoms with Crippen molar-refractivity contribution < 1.29 is 24.2 Å². The van der Waals surface area contributed by atoms with Gasteiger partial charge in [0.25, 0.3) is 5.91 Å². The molecule has 48 heavy (non-hydrogen) atoms. The maximum absolute atomic E-state index is 13.1. The number of carbonyl (C=O) groups excluding carboxylic acids is 2. The third-order valence-electron chi connectivity index (χ3n) is 8.41. The van der Waals surface area contributed by atoms with Crippen LogP contribution in [0.15, 0.2) is 103 Å². The lowest BCUT2D eigenvalue weighted by atomic mass is 9.97. The maximum atomic E-state index is 13.1. The molecule has 2 heterocycles. The maximum Gasteiger partial charge on any atom is 0.319 e. The standard InChI is InChI=1S/C38H39N5O5/c1-25(2)39-38(47)41-30-11-17-33(18-12-30)48-32-15-9-29(10-16-32)40-36(44)26-7-13-31(14-8-26)43-24-28(34-5-3-4-6-35(34)43)23-42-21-19-27(20-22-42)37(45)46/h3-18,24-25,27H,19-23H2,1-2H3,(H,40,44)(H,45,46)(H2,39,41,47). The number of aliphatic carboxylic acids is 1. The fourth-order valence-corrected chi connectivity index (χ4v) is 5.92. The minimum atomic E-state index is -0.700. The van der Waals surface area contributed by atoms with E-state index in [-0.39, 0.29) is 23.9 Å². The SMILES string of the molecule is CC(C)NC(=O)Nc1ccc(Oc2ccc(NC(=O)c3ccc(-n4cc(CN5CCC(C(=O)O)CC5)c5ccccc54)cc3)cc2)cc1. The first kappa shape index (κ1) is 32.3. The molecule has 1 aliphatic rings. The van der Waals surface area contributed by atoms with Crippen molar-refractivity contribution in [2.75, 3.05) is 23.7 Å². The minimum absolute atomic E-state index is 0.0430. The van der Waals surface area contributed by atoms with E-state index < -0.39 is 5.97 Å². The Labute approximate surface area is 279 Å². The molecule has 0 saturated carbocycles. The normalized spacial score (nSPS) is 13.7. The van der Waals surface area contributed by atoms with Gasteiger partial charge in [-0.2, -0.15) is 0 Å². The number of carbonyl (C=O) groups is 3. The van der Waals surface area contributed by atoms with E-state index in [9.17, 15) is 19.5 Å². The van der Waals surface area contributed by atoms with E-state index in [0.717, 1.165) is 36.2 Å². The highest BCUT2D eigenvalue weighted by atomic mass is 16.5. The summed E-state index contributed by atoms with van der Waals surface area (Å²) in [7, 11) is 0. The lowest BCUT2D eigenvalue weighted by Gasteiger charge is -2.29. The smallest absolute Gasteiger partial charge is 0.319 e. The zero-order valence-corrected chi connectivity index (χ0v) is 27.0. The molecule has 6 rings (SSSR count). The second kappa shape index (κ2) is 14.4. The van der Waals surface area contributed by atoms with Crippen LogP contribution in [0, 0.1) is 5.92 Å². The quantitative estimate of drug-likeness (QED) is 0.125. The molecule has 0 atom stereocenters. The van der Waals surface area contributed by atoms with Gasteiger partial charge in [-0.05, 0) is 124 Å². The summed E-state index contributed by atoms with van der Waals surface area (Å²) in [5.74, 6) is 0.0526. The number of nitrogens with zero attached hydrogens (tertiary/aromatic N) is 2. The first-order chi connectivity index (χ1) is 23.2. The van der Waals surface area contributed by atoms with Crippen molar-refractivity contribution in [3.05, 3.63) is 114 Å². The Bertz CT molecular complexity index is 1890. The number of amides is 3. The van der Waals surface area contributed by atoms with Crippen LogP contribution in [-0.4, -0.2) is 51.6 Å². The Hall–Kier alpha value is -5.61. The molecule has 0 radical (unpaired) electrons. The molecular weight excluding hydrogens is 606 g/mol. The molecule has 0 aliphatic carbocycles. The molecule has 4 N–H and O–H groups in total. The molecule has 4 aromatic carbocycles. The predicted molar refractivity (Wildman–Crippen MR) is 187 cm³/mol. The number of anilines is 2. The molecule has 3 amide bonds. The van der Waals surface area contributed by atoms with Gasteiger partial charge in [-0.25, -0.2) is 4.79 Å². The number of rotatable bonds is 10. The molecular formula is C38H39N5O5. The van der Waals surface area contributed by atoms with Crippen LogP contribution in [0.25, 0.3) is 16.6 Å². The topological polar surface area (TPSA) is 125 Å². The van der Waals surface area contributed by atoms with E-state index in [1.54, 1.807) is 48.5 Å². The predicted octanol–water partition coefficient (Wildman–Crippen LogP) is 7.50. The Morgan fingerprint density at radius 1 is 0.812 bits per heavy atom. The number of carboxylic acid groups (broad SMARTS) is 1. The van der Waals surface area contributed by atoms with Crippen molar-refractivity contribution in [3.63, 3.8) is 0 Å². The monoisotopic (exact) mass is 645 g/mol. The molecule has 1 aliphatic heterocycles. The van der Waals surface area contributed by atoms with Gasteiger partial charge in [0.2, 0.25) is 0 Å². The number of fused-ring (bicyclic) bond motifs is 1. The van der Waals surface area contributed by atoms with Crippen molar-refractivity contribution in [1.29, 1.82) is 0 Å². The number of likely N-dealkylation sites (tertiary alicyclic amines) is 1. The third-order valence-corrected chi connectivity index (χ3v) is 8.41. The summed E-state index contributed by atoms with van der Waals surface area (Å²) in [6, 6.07) is 29.8. The first-order valence-electron chi connectivity index (χ1n) is 16.1. The Balaban J connectivity index is 1.06. The lowest BCUT2D eigenvalue weighted by Crippen LogP contribution is -2.35. The van der Waals surface area contributed by atoms with Gasteiger partial charge in [0.05, 0.1) is 11.4 Å². The van der Waals surface area contributed by atoms with E-state index >= 15 is 0 Å². The molecule has 0 unspecified atom stereocenters. The van der Waals surface area contributed by atoms with Crippen molar-refractivity contribution in [2.24, 2.45) is 5.92 Å². The fraction of sp³-hybridized carbons (Fsp3) is 0.237. The van der Waals surface area contributed by atoms with Gasteiger partial charge in [0.1, 0.15) is 11.5 Å². The van der Waals surface area contributed by atoms with Crippen LogP contribution in [0.2, 0.25) is 0 Å². The van der Waals surface area contributed by atoms with E-state index in [2.05, 4.69) is 43.7 Å². The molecule has 0 spiro atoms. The zero-order valence-electron chi connectivity index (χ0n) is 27.0. The van der Waals surface area contributed by atoms with Crippen LogP contribution in [0.1, 0.15) is 42.6 Å².